The molecule has 1 aromatic heterocycles. The van der Waals surface area contributed by atoms with Crippen LogP contribution in [-0.2, 0) is 0 Å². The normalized spacial score (nSPS) is 15.2. The van der Waals surface area contributed by atoms with Crippen molar-refractivity contribution in [2.45, 2.75) is 51.7 Å². The first-order chi connectivity index (χ1) is 13.3. The standard InChI is InChI=1S/C21H21FN2O4/c1-12-17(11-23)20(26)24(15-5-3-4-6-15)21(27)18(12)19(25)13(2)28-16-9-7-14(22)8-10-16/h7-10,13,15,27H,3-6H2,1-2H3. The lowest BCUT2D eigenvalue weighted by atomic mass is 9.98. The molecule has 7 heteroatoms. The number of halogens is 1. The molecule has 28 heavy (non-hydrogen) atoms. The summed E-state index contributed by atoms with van der Waals surface area (Å²) in [5.41, 5.74) is -0.674. The van der Waals surface area contributed by atoms with Crippen molar-refractivity contribution in [3.63, 3.8) is 0 Å². The molecule has 3 rings (SSSR count). The molecule has 0 radical (unpaired) electrons. The van der Waals surface area contributed by atoms with Crippen molar-refractivity contribution in [3.8, 4) is 17.7 Å². The fourth-order valence-electron chi connectivity index (χ4n) is 3.69. The van der Waals surface area contributed by atoms with E-state index in [1.807, 2.05) is 6.07 Å². The largest absolute Gasteiger partial charge is 0.494 e. The maximum atomic E-state index is 13.0. The van der Waals surface area contributed by atoms with Gasteiger partial charge in [0.15, 0.2) is 6.10 Å². The van der Waals surface area contributed by atoms with E-state index >= 15 is 0 Å². The Hall–Kier alpha value is -3.14. The topological polar surface area (TPSA) is 92.3 Å². The second-order valence-corrected chi connectivity index (χ2v) is 7.00. The van der Waals surface area contributed by atoms with Crippen LogP contribution < -0.4 is 10.3 Å². The number of carbonyl (C=O) groups is 1. The molecule has 0 saturated heterocycles. The summed E-state index contributed by atoms with van der Waals surface area (Å²) < 4.78 is 19.8. The first kappa shape index (κ1) is 19.6. The minimum Gasteiger partial charge on any atom is -0.494 e. The smallest absolute Gasteiger partial charge is 0.271 e. The number of aromatic nitrogens is 1. The fraction of sp³-hybridized carbons (Fsp3) is 0.381. The van der Waals surface area contributed by atoms with Crippen molar-refractivity contribution < 1.29 is 19.0 Å². The van der Waals surface area contributed by atoms with Gasteiger partial charge in [0, 0.05) is 6.04 Å². The van der Waals surface area contributed by atoms with Gasteiger partial charge in [0.25, 0.3) is 5.56 Å². The van der Waals surface area contributed by atoms with Gasteiger partial charge >= 0.3 is 0 Å². The highest BCUT2D eigenvalue weighted by molar-refractivity contribution is 6.03. The third kappa shape index (κ3) is 3.50. The Morgan fingerprint density at radius 3 is 2.50 bits per heavy atom. The monoisotopic (exact) mass is 384 g/mol. The predicted octanol–water partition coefficient (Wildman–Crippen LogP) is 3.64. The number of benzene rings is 1. The van der Waals surface area contributed by atoms with Crippen LogP contribution >= 0.6 is 0 Å². The van der Waals surface area contributed by atoms with Crippen LogP contribution in [0.15, 0.2) is 29.1 Å². The Morgan fingerprint density at radius 1 is 1.32 bits per heavy atom. The summed E-state index contributed by atoms with van der Waals surface area (Å²) in [5, 5.41) is 20.2. The molecular weight excluding hydrogens is 363 g/mol. The van der Waals surface area contributed by atoms with Gasteiger partial charge < -0.3 is 9.84 Å². The number of rotatable bonds is 5. The third-order valence-corrected chi connectivity index (χ3v) is 5.18. The molecule has 6 nitrogen and oxygen atoms in total. The molecule has 146 valence electrons. The maximum Gasteiger partial charge on any atom is 0.271 e. The zero-order valence-electron chi connectivity index (χ0n) is 15.7. The van der Waals surface area contributed by atoms with E-state index in [4.69, 9.17) is 4.74 Å². The SMILES string of the molecule is Cc1c(C(=O)C(C)Oc2ccc(F)cc2)c(O)n(C2CCCC2)c(=O)c1C#N. The van der Waals surface area contributed by atoms with Crippen LogP contribution in [-0.4, -0.2) is 21.6 Å². The minimum absolute atomic E-state index is 0.0855. The molecule has 1 fully saturated rings. The second-order valence-electron chi connectivity index (χ2n) is 7.00. The summed E-state index contributed by atoms with van der Waals surface area (Å²) in [6, 6.07) is 6.84. The van der Waals surface area contributed by atoms with Crippen molar-refractivity contribution >= 4 is 5.78 Å². The fourth-order valence-corrected chi connectivity index (χ4v) is 3.69. The van der Waals surface area contributed by atoms with Gasteiger partial charge in [0.1, 0.15) is 23.2 Å². The van der Waals surface area contributed by atoms with Gasteiger partial charge in [0.05, 0.1) is 5.56 Å². The van der Waals surface area contributed by atoms with Crippen LogP contribution in [0.4, 0.5) is 4.39 Å². The van der Waals surface area contributed by atoms with E-state index in [0.717, 1.165) is 12.8 Å². The maximum absolute atomic E-state index is 13.0. The van der Waals surface area contributed by atoms with E-state index in [1.54, 1.807) is 0 Å². The van der Waals surface area contributed by atoms with Crippen molar-refractivity contribution in [3.05, 3.63) is 57.1 Å². The van der Waals surface area contributed by atoms with Crippen LogP contribution in [0, 0.1) is 24.1 Å². The molecule has 1 N–H and O–H groups in total. The third-order valence-electron chi connectivity index (χ3n) is 5.18. The van der Waals surface area contributed by atoms with Gasteiger partial charge in [-0.1, -0.05) is 12.8 Å². The molecular formula is C21H21FN2O4. The molecule has 1 atom stereocenters. The summed E-state index contributed by atoms with van der Waals surface area (Å²) >= 11 is 0. The number of ether oxygens (including phenoxy) is 1. The van der Waals surface area contributed by atoms with Crippen LogP contribution in [0.5, 0.6) is 11.6 Å². The number of nitrogens with zero attached hydrogens (tertiary/aromatic N) is 2. The summed E-state index contributed by atoms with van der Waals surface area (Å²) in [6.07, 6.45) is 2.24. The number of pyridine rings is 1. The molecule has 0 spiro atoms. The molecule has 1 heterocycles. The predicted molar refractivity (Wildman–Crippen MR) is 100 cm³/mol. The van der Waals surface area contributed by atoms with Gasteiger partial charge in [-0.15, -0.1) is 0 Å². The van der Waals surface area contributed by atoms with Crippen molar-refractivity contribution in [1.29, 1.82) is 5.26 Å². The zero-order valence-corrected chi connectivity index (χ0v) is 15.7. The van der Waals surface area contributed by atoms with Crippen molar-refractivity contribution in [2.24, 2.45) is 0 Å². The van der Waals surface area contributed by atoms with Crippen LogP contribution in [0.1, 0.15) is 60.1 Å². The summed E-state index contributed by atoms with van der Waals surface area (Å²) in [4.78, 5) is 25.7. The zero-order chi connectivity index (χ0) is 20.4. The molecule has 1 aromatic carbocycles. The molecule has 0 amide bonds. The average Bonchev–Trinajstić information content (AvgIpc) is 3.18. The number of aromatic hydroxyl groups is 1. The molecule has 0 aliphatic heterocycles. The van der Waals surface area contributed by atoms with Crippen molar-refractivity contribution in [2.75, 3.05) is 0 Å². The van der Waals surface area contributed by atoms with Crippen LogP contribution in [0.3, 0.4) is 0 Å². The lowest BCUT2D eigenvalue weighted by Crippen LogP contribution is -2.32. The van der Waals surface area contributed by atoms with E-state index in [1.165, 1.54) is 42.7 Å². The van der Waals surface area contributed by atoms with E-state index in [2.05, 4.69) is 0 Å². The summed E-state index contributed by atoms with van der Waals surface area (Å²) in [6.45, 7) is 2.97. The lowest BCUT2D eigenvalue weighted by Gasteiger charge is -2.21. The van der Waals surface area contributed by atoms with E-state index < -0.39 is 29.1 Å². The number of hydrogen-bond acceptors (Lipinski definition) is 5. The number of ketones is 1. The minimum atomic E-state index is -1.00. The molecule has 1 aliphatic rings. The first-order valence-electron chi connectivity index (χ1n) is 9.19. The number of nitriles is 1. The van der Waals surface area contributed by atoms with Crippen LogP contribution in [0.2, 0.25) is 0 Å². The highest BCUT2D eigenvalue weighted by Gasteiger charge is 2.31. The van der Waals surface area contributed by atoms with Gasteiger partial charge in [-0.25, -0.2) is 4.39 Å². The lowest BCUT2D eigenvalue weighted by molar-refractivity contribution is 0.0812. The summed E-state index contributed by atoms with van der Waals surface area (Å²) in [5.74, 6) is -1.11. The number of carbonyl (C=O) groups excluding carboxylic acids is 1. The van der Waals surface area contributed by atoms with Crippen molar-refractivity contribution in [1.82, 2.24) is 4.57 Å². The average molecular weight is 384 g/mol. The molecule has 2 aromatic rings. The number of Topliss-reactive ketones (excluding diaryl/α,β-unsaturated/α-hetero) is 1. The van der Waals surface area contributed by atoms with E-state index in [9.17, 15) is 24.3 Å². The van der Waals surface area contributed by atoms with E-state index in [-0.39, 0.29) is 22.7 Å². The first-order valence-corrected chi connectivity index (χ1v) is 9.19. The second kappa shape index (κ2) is 7.85. The Labute approximate surface area is 161 Å². The van der Waals surface area contributed by atoms with E-state index in [0.29, 0.717) is 18.6 Å². The molecule has 1 unspecified atom stereocenters. The Morgan fingerprint density at radius 2 is 1.93 bits per heavy atom. The molecule has 1 aliphatic carbocycles. The molecule has 1 saturated carbocycles. The Balaban J connectivity index is 2.03. The number of hydrogen-bond donors (Lipinski definition) is 1. The van der Waals surface area contributed by atoms with Gasteiger partial charge in [-0.3, -0.25) is 14.2 Å². The van der Waals surface area contributed by atoms with Crippen LogP contribution in [0.25, 0.3) is 0 Å². The van der Waals surface area contributed by atoms with Gasteiger partial charge in [-0.05, 0) is 56.5 Å². The molecule has 0 bridgehead atoms. The Bertz CT molecular complexity index is 999. The highest BCUT2D eigenvalue weighted by atomic mass is 19.1. The summed E-state index contributed by atoms with van der Waals surface area (Å²) in [7, 11) is 0. The Kier molecular flexibility index (Phi) is 5.50. The highest BCUT2D eigenvalue weighted by Crippen LogP contribution is 2.34. The quantitative estimate of drug-likeness (QED) is 0.795. The van der Waals surface area contributed by atoms with Gasteiger partial charge in [0.2, 0.25) is 11.7 Å². The van der Waals surface area contributed by atoms with Gasteiger partial charge in [-0.2, -0.15) is 5.26 Å².